The molecule has 2 rings (SSSR count). The van der Waals surface area contributed by atoms with Crippen molar-refractivity contribution in [3.63, 3.8) is 0 Å². The Bertz CT molecular complexity index is 681. The molecule has 1 aromatic carbocycles. The zero-order chi connectivity index (χ0) is 16.5. The molecule has 0 radical (unpaired) electrons. The maximum Gasteiger partial charge on any atom is 0.272 e. The third kappa shape index (κ3) is 2.69. The highest BCUT2D eigenvalue weighted by atomic mass is 32.2. The van der Waals surface area contributed by atoms with Crippen LogP contribution in [0.1, 0.15) is 32.3 Å². The molecule has 0 saturated carbocycles. The number of benzene rings is 1. The van der Waals surface area contributed by atoms with Crippen molar-refractivity contribution in [2.75, 3.05) is 23.7 Å². The Balaban J connectivity index is 2.35. The van der Waals surface area contributed by atoms with Crippen LogP contribution in [0.3, 0.4) is 0 Å². The summed E-state index contributed by atoms with van der Waals surface area (Å²) in [6.45, 7) is 6.40. The maximum absolute atomic E-state index is 12.4. The Hall–Kier alpha value is -1.63. The van der Waals surface area contributed by atoms with Crippen molar-refractivity contribution in [2.24, 2.45) is 0 Å². The van der Waals surface area contributed by atoms with Gasteiger partial charge in [0.25, 0.3) is 5.69 Å². The minimum absolute atomic E-state index is 0.0885. The smallest absolute Gasteiger partial charge is 0.272 e. The third-order valence-electron chi connectivity index (χ3n) is 4.80. The van der Waals surface area contributed by atoms with Gasteiger partial charge in [-0.2, -0.15) is 0 Å². The van der Waals surface area contributed by atoms with Crippen molar-refractivity contribution in [1.29, 1.82) is 0 Å². The second-order valence-electron chi connectivity index (χ2n) is 5.86. The van der Waals surface area contributed by atoms with Gasteiger partial charge < -0.3 is 4.90 Å². The first-order valence-electron chi connectivity index (χ1n) is 7.48. The van der Waals surface area contributed by atoms with E-state index in [1.807, 2.05) is 18.7 Å². The van der Waals surface area contributed by atoms with E-state index >= 15 is 0 Å². The molecule has 0 aromatic heterocycles. The average Bonchev–Trinajstić information content (AvgIpc) is 2.47. The number of nitrogens with zero attached hydrogens (tertiary/aromatic N) is 2. The van der Waals surface area contributed by atoms with E-state index in [1.54, 1.807) is 19.1 Å². The SMILES string of the molecule is CCC1(CC)CN(c2ccc([N+](=O)[O-])c(C)c2)CCS1(=O)=O. The van der Waals surface area contributed by atoms with Crippen LogP contribution in [0.25, 0.3) is 0 Å². The number of aryl methyl sites for hydroxylation is 1. The summed E-state index contributed by atoms with van der Waals surface area (Å²) >= 11 is 0. The summed E-state index contributed by atoms with van der Waals surface area (Å²) in [6, 6.07) is 4.97. The zero-order valence-corrected chi connectivity index (χ0v) is 14.0. The van der Waals surface area contributed by atoms with Crippen LogP contribution in [0.2, 0.25) is 0 Å². The number of rotatable bonds is 4. The molecule has 22 heavy (non-hydrogen) atoms. The van der Waals surface area contributed by atoms with Crippen molar-refractivity contribution < 1.29 is 13.3 Å². The van der Waals surface area contributed by atoms with Gasteiger partial charge in [-0.15, -0.1) is 0 Å². The molecule has 1 aliphatic heterocycles. The van der Waals surface area contributed by atoms with Crippen molar-refractivity contribution in [3.05, 3.63) is 33.9 Å². The van der Waals surface area contributed by atoms with Gasteiger partial charge in [-0.05, 0) is 31.9 Å². The van der Waals surface area contributed by atoms with Gasteiger partial charge in [-0.3, -0.25) is 10.1 Å². The predicted molar refractivity (Wildman–Crippen MR) is 87.1 cm³/mol. The standard InChI is InChI=1S/C15H22N2O4S/c1-4-15(5-2)11-16(8-9-22(15,20)21)13-6-7-14(17(18)19)12(3)10-13/h6-7,10H,4-5,8-9,11H2,1-3H3. The van der Waals surface area contributed by atoms with Gasteiger partial charge in [0.1, 0.15) is 0 Å². The molecule has 0 unspecified atom stereocenters. The summed E-state index contributed by atoms with van der Waals surface area (Å²) in [7, 11) is -3.11. The molecule has 0 N–H and O–H groups in total. The molecule has 1 fully saturated rings. The zero-order valence-electron chi connectivity index (χ0n) is 13.2. The van der Waals surface area contributed by atoms with Gasteiger partial charge in [-0.25, -0.2) is 8.42 Å². The highest BCUT2D eigenvalue weighted by Gasteiger charge is 2.45. The third-order valence-corrected chi connectivity index (χ3v) is 7.55. The van der Waals surface area contributed by atoms with Crippen LogP contribution in [-0.2, 0) is 9.84 Å². The molecule has 7 heteroatoms. The molecule has 1 saturated heterocycles. The first kappa shape index (κ1) is 16.7. The van der Waals surface area contributed by atoms with E-state index in [0.717, 1.165) is 5.69 Å². The number of hydrogen-bond acceptors (Lipinski definition) is 5. The minimum atomic E-state index is -3.11. The molecular formula is C15H22N2O4S. The van der Waals surface area contributed by atoms with Gasteiger partial charge in [0, 0.05) is 30.4 Å². The van der Waals surface area contributed by atoms with Crippen LogP contribution in [0, 0.1) is 17.0 Å². The Labute approximate surface area is 131 Å². The topological polar surface area (TPSA) is 80.5 Å². The predicted octanol–water partition coefficient (Wildman–Crippen LogP) is 2.70. The maximum atomic E-state index is 12.4. The summed E-state index contributed by atoms with van der Waals surface area (Å²) in [5.41, 5.74) is 1.53. The normalized spacial score (nSPS) is 19.9. The Morgan fingerprint density at radius 1 is 1.32 bits per heavy atom. The average molecular weight is 326 g/mol. The van der Waals surface area contributed by atoms with Gasteiger partial charge >= 0.3 is 0 Å². The quantitative estimate of drug-likeness (QED) is 0.628. The molecule has 0 spiro atoms. The Kier molecular flexibility index (Phi) is 4.47. The van der Waals surface area contributed by atoms with Gasteiger partial charge in [0.15, 0.2) is 9.84 Å². The van der Waals surface area contributed by atoms with Crippen molar-refractivity contribution in [1.82, 2.24) is 0 Å². The molecule has 1 aliphatic rings. The van der Waals surface area contributed by atoms with E-state index in [-0.39, 0.29) is 11.4 Å². The van der Waals surface area contributed by atoms with Crippen LogP contribution in [0.5, 0.6) is 0 Å². The Morgan fingerprint density at radius 2 is 1.95 bits per heavy atom. The Morgan fingerprint density at radius 3 is 2.45 bits per heavy atom. The summed E-state index contributed by atoms with van der Waals surface area (Å²) in [6.07, 6.45) is 1.16. The fourth-order valence-corrected chi connectivity index (χ4v) is 5.27. The monoisotopic (exact) mass is 326 g/mol. The first-order chi connectivity index (χ1) is 10.3. The molecule has 1 aromatic rings. The van der Waals surface area contributed by atoms with Gasteiger partial charge in [-0.1, -0.05) is 13.8 Å². The second-order valence-corrected chi connectivity index (χ2v) is 8.36. The molecule has 0 atom stereocenters. The lowest BCUT2D eigenvalue weighted by Crippen LogP contribution is -2.55. The highest BCUT2D eigenvalue weighted by Crippen LogP contribution is 2.34. The lowest BCUT2D eigenvalue weighted by molar-refractivity contribution is -0.385. The molecular weight excluding hydrogens is 304 g/mol. The summed E-state index contributed by atoms with van der Waals surface area (Å²) in [5, 5.41) is 10.9. The molecule has 0 amide bonds. The van der Waals surface area contributed by atoms with Crippen molar-refractivity contribution in [3.8, 4) is 0 Å². The molecule has 0 aliphatic carbocycles. The fraction of sp³-hybridized carbons (Fsp3) is 0.600. The van der Waals surface area contributed by atoms with E-state index < -0.39 is 19.5 Å². The van der Waals surface area contributed by atoms with E-state index in [9.17, 15) is 18.5 Å². The van der Waals surface area contributed by atoms with Crippen molar-refractivity contribution in [2.45, 2.75) is 38.4 Å². The highest BCUT2D eigenvalue weighted by molar-refractivity contribution is 7.92. The molecule has 0 bridgehead atoms. The lowest BCUT2D eigenvalue weighted by atomic mass is 10.0. The number of nitro benzene ring substituents is 1. The van der Waals surface area contributed by atoms with Crippen LogP contribution in [-0.4, -0.2) is 36.9 Å². The van der Waals surface area contributed by atoms with Crippen LogP contribution < -0.4 is 4.90 Å². The molecule has 6 nitrogen and oxygen atoms in total. The number of nitro groups is 1. The van der Waals surface area contributed by atoms with Crippen LogP contribution >= 0.6 is 0 Å². The molecule has 1 heterocycles. The van der Waals surface area contributed by atoms with E-state index in [0.29, 0.717) is 31.5 Å². The summed E-state index contributed by atoms with van der Waals surface area (Å²) < 4.78 is 24.2. The van der Waals surface area contributed by atoms with E-state index in [4.69, 9.17) is 0 Å². The van der Waals surface area contributed by atoms with E-state index in [2.05, 4.69) is 0 Å². The molecule has 122 valence electrons. The van der Waals surface area contributed by atoms with Crippen LogP contribution in [0.15, 0.2) is 18.2 Å². The van der Waals surface area contributed by atoms with E-state index in [1.165, 1.54) is 6.07 Å². The van der Waals surface area contributed by atoms with Crippen molar-refractivity contribution >= 4 is 21.2 Å². The summed E-state index contributed by atoms with van der Waals surface area (Å²) in [5.74, 6) is 0.130. The summed E-state index contributed by atoms with van der Waals surface area (Å²) in [4.78, 5) is 12.5. The van der Waals surface area contributed by atoms with Gasteiger partial charge in [0.2, 0.25) is 0 Å². The largest absolute Gasteiger partial charge is 0.369 e. The van der Waals surface area contributed by atoms with Gasteiger partial charge in [0.05, 0.1) is 15.4 Å². The number of sulfone groups is 1. The number of hydrogen-bond donors (Lipinski definition) is 0. The first-order valence-corrected chi connectivity index (χ1v) is 9.14. The number of anilines is 1. The fourth-order valence-electron chi connectivity index (χ4n) is 3.15. The lowest BCUT2D eigenvalue weighted by Gasteiger charge is -2.42. The second kappa shape index (κ2) is 5.87. The minimum Gasteiger partial charge on any atom is -0.369 e. The van der Waals surface area contributed by atoms with Crippen LogP contribution in [0.4, 0.5) is 11.4 Å².